The lowest BCUT2D eigenvalue weighted by Gasteiger charge is -2.12. The van der Waals surface area contributed by atoms with E-state index in [4.69, 9.17) is 0 Å². The maximum Gasteiger partial charge on any atom is 0.259 e. The molecule has 0 fully saturated rings. The highest BCUT2D eigenvalue weighted by molar-refractivity contribution is 9.10. The summed E-state index contributed by atoms with van der Waals surface area (Å²) in [5, 5.41) is 6.17. The van der Waals surface area contributed by atoms with Crippen molar-refractivity contribution >= 4 is 33.3 Å². The van der Waals surface area contributed by atoms with Crippen LogP contribution in [0.25, 0.3) is 0 Å². The molecule has 0 saturated heterocycles. The molecule has 0 atom stereocenters. The van der Waals surface area contributed by atoms with Gasteiger partial charge in [-0.3, -0.25) is 4.79 Å². The summed E-state index contributed by atoms with van der Waals surface area (Å²) in [6.45, 7) is 0.705. The summed E-state index contributed by atoms with van der Waals surface area (Å²) in [4.78, 5) is 16.9. The summed E-state index contributed by atoms with van der Waals surface area (Å²) in [7, 11) is 0. The average molecular weight is 396 g/mol. The number of nitrogens with zero attached hydrogens (tertiary/aromatic N) is 1. The molecule has 5 heteroatoms. The number of hydrogen-bond donors (Lipinski definition) is 2. The highest BCUT2D eigenvalue weighted by atomic mass is 79.9. The lowest BCUT2D eigenvalue weighted by molar-refractivity contribution is 0.102. The molecule has 1 heterocycles. The molecule has 3 aromatic rings. The Morgan fingerprint density at radius 3 is 2.52 bits per heavy atom. The van der Waals surface area contributed by atoms with E-state index >= 15 is 0 Å². The molecule has 4 nitrogen and oxygen atoms in total. The summed E-state index contributed by atoms with van der Waals surface area (Å²) >= 11 is 3.44. The van der Waals surface area contributed by atoms with Gasteiger partial charge < -0.3 is 10.6 Å². The van der Waals surface area contributed by atoms with Crippen LogP contribution in [-0.4, -0.2) is 17.4 Å². The van der Waals surface area contributed by atoms with Crippen molar-refractivity contribution in [2.75, 3.05) is 17.2 Å². The van der Waals surface area contributed by atoms with E-state index in [0.717, 1.165) is 16.6 Å². The minimum atomic E-state index is -0.192. The van der Waals surface area contributed by atoms with Crippen molar-refractivity contribution in [1.82, 2.24) is 4.98 Å². The van der Waals surface area contributed by atoms with Crippen LogP contribution < -0.4 is 10.6 Å². The number of para-hydroxylation sites is 1. The maximum absolute atomic E-state index is 12.6. The second-order valence-corrected chi connectivity index (χ2v) is 6.35. The molecule has 0 aliphatic carbocycles. The fraction of sp³-hybridized carbons (Fsp3) is 0.100. The van der Waals surface area contributed by atoms with Crippen LogP contribution in [0.5, 0.6) is 0 Å². The quantitative estimate of drug-likeness (QED) is 0.632. The molecule has 0 aliphatic rings. The van der Waals surface area contributed by atoms with E-state index in [1.165, 1.54) is 5.56 Å². The molecule has 2 N–H and O–H groups in total. The van der Waals surface area contributed by atoms with Gasteiger partial charge in [0.25, 0.3) is 5.91 Å². The van der Waals surface area contributed by atoms with E-state index in [2.05, 4.69) is 43.7 Å². The Morgan fingerprint density at radius 1 is 0.960 bits per heavy atom. The monoisotopic (exact) mass is 395 g/mol. The van der Waals surface area contributed by atoms with Crippen LogP contribution in [-0.2, 0) is 6.42 Å². The second-order valence-electron chi connectivity index (χ2n) is 5.50. The number of benzene rings is 2. The molecule has 0 saturated carbocycles. The van der Waals surface area contributed by atoms with Gasteiger partial charge in [-0.15, -0.1) is 0 Å². The summed E-state index contributed by atoms with van der Waals surface area (Å²) < 4.78 is 0.839. The minimum absolute atomic E-state index is 0.192. The van der Waals surface area contributed by atoms with E-state index in [0.29, 0.717) is 17.9 Å². The molecular formula is C20H18BrN3O. The third-order valence-corrected chi connectivity index (χ3v) is 4.41. The number of halogens is 1. The van der Waals surface area contributed by atoms with Crippen LogP contribution in [0.2, 0.25) is 0 Å². The van der Waals surface area contributed by atoms with Crippen molar-refractivity contribution in [3.05, 3.63) is 88.5 Å². The zero-order valence-corrected chi connectivity index (χ0v) is 15.2. The van der Waals surface area contributed by atoms with E-state index in [-0.39, 0.29) is 5.91 Å². The van der Waals surface area contributed by atoms with Crippen LogP contribution in [0.1, 0.15) is 15.9 Å². The van der Waals surface area contributed by atoms with E-state index < -0.39 is 0 Å². The Morgan fingerprint density at radius 2 is 1.72 bits per heavy atom. The third-order valence-electron chi connectivity index (χ3n) is 3.72. The van der Waals surface area contributed by atoms with Gasteiger partial charge in [0.15, 0.2) is 0 Å². The summed E-state index contributed by atoms with van der Waals surface area (Å²) in [6.07, 6.45) is 2.54. The Bertz CT molecular complexity index is 852. The number of carbonyl (C=O) groups excluding carboxylic acids is 1. The van der Waals surface area contributed by atoms with E-state index in [9.17, 15) is 4.79 Å². The molecule has 0 bridgehead atoms. The van der Waals surface area contributed by atoms with Crippen LogP contribution in [0.15, 0.2) is 77.4 Å². The number of aromatic nitrogens is 1. The van der Waals surface area contributed by atoms with Gasteiger partial charge >= 0.3 is 0 Å². The van der Waals surface area contributed by atoms with Crippen LogP contribution in [0.3, 0.4) is 0 Å². The molecule has 0 spiro atoms. The van der Waals surface area contributed by atoms with Gasteiger partial charge in [0.1, 0.15) is 5.82 Å². The molecular weight excluding hydrogens is 378 g/mol. The summed E-state index contributed by atoms with van der Waals surface area (Å²) in [5.41, 5.74) is 2.49. The first-order chi connectivity index (χ1) is 12.2. The first-order valence-corrected chi connectivity index (χ1v) is 8.82. The van der Waals surface area contributed by atoms with Gasteiger partial charge in [-0.2, -0.15) is 0 Å². The Balaban J connectivity index is 1.68. The molecule has 126 valence electrons. The fourth-order valence-corrected chi connectivity index (χ4v) is 2.84. The predicted molar refractivity (Wildman–Crippen MR) is 105 cm³/mol. The smallest absolute Gasteiger partial charge is 0.259 e. The summed E-state index contributed by atoms with van der Waals surface area (Å²) in [6, 6.07) is 21.3. The largest absolute Gasteiger partial charge is 0.369 e. The van der Waals surface area contributed by atoms with Gasteiger partial charge in [0.05, 0.1) is 11.3 Å². The van der Waals surface area contributed by atoms with Crippen molar-refractivity contribution in [1.29, 1.82) is 0 Å². The van der Waals surface area contributed by atoms with Crippen LogP contribution >= 0.6 is 15.9 Å². The van der Waals surface area contributed by atoms with Crippen molar-refractivity contribution in [3.63, 3.8) is 0 Å². The lowest BCUT2D eigenvalue weighted by atomic mass is 10.1. The number of pyridine rings is 1. The van der Waals surface area contributed by atoms with Gasteiger partial charge in [0, 0.05) is 17.2 Å². The molecule has 3 rings (SSSR count). The number of nitrogens with one attached hydrogen (secondary N) is 2. The number of anilines is 2. The first-order valence-electron chi connectivity index (χ1n) is 8.03. The molecule has 0 radical (unpaired) electrons. The van der Waals surface area contributed by atoms with Gasteiger partial charge in [-0.1, -0.05) is 42.5 Å². The van der Waals surface area contributed by atoms with Crippen molar-refractivity contribution in [3.8, 4) is 0 Å². The molecule has 1 amide bonds. The topological polar surface area (TPSA) is 54.0 Å². The lowest BCUT2D eigenvalue weighted by Crippen LogP contribution is -2.17. The highest BCUT2D eigenvalue weighted by Crippen LogP contribution is 2.23. The van der Waals surface area contributed by atoms with Gasteiger partial charge in [-0.05, 0) is 52.2 Å². The Labute approximate surface area is 155 Å². The number of hydrogen-bond acceptors (Lipinski definition) is 3. The average Bonchev–Trinajstić information content (AvgIpc) is 2.65. The van der Waals surface area contributed by atoms with Crippen molar-refractivity contribution < 1.29 is 4.79 Å². The van der Waals surface area contributed by atoms with Crippen molar-refractivity contribution in [2.45, 2.75) is 6.42 Å². The maximum atomic E-state index is 12.6. The summed E-state index contributed by atoms with van der Waals surface area (Å²) in [5.74, 6) is 0.394. The van der Waals surface area contributed by atoms with Crippen molar-refractivity contribution in [2.24, 2.45) is 0 Å². The predicted octanol–water partition coefficient (Wildman–Crippen LogP) is 4.75. The van der Waals surface area contributed by atoms with E-state index in [1.807, 2.05) is 42.5 Å². The second kappa shape index (κ2) is 8.44. The molecule has 25 heavy (non-hydrogen) atoms. The van der Waals surface area contributed by atoms with E-state index in [1.54, 1.807) is 18.3 Å². The molecule has 1 aromatic heterocycles. The van der Waals surface area contributed by atoms with Gasteiger partial charge in [0.2, 0.25) is 0 Å². The number of amides is 1. The highest BCUT2D eigenvalue weighted by Gasteiger charge is 2.13. The standard InChI is InChI=1S/C20H18BrN3O/c21-17-10-4-5-11-18(17)24-20(25)16-9-6-13-22-19(16)23-14-12-15-7-2-1-3-8-15/h1-11,13H,12,14H2,(H,22,23)(H,24,25). The SMILES string of the molecule is O=C(Nc1ccccc1Br)c1cccnc1NCCc1ccccc1. The minimum Gasteiger partial charge on any atom is -0.369 e. The van der Waals surface area contributed by atoms with Crippen LogP contribution in [0.4, 0.5) is 11.5 Å². The molecule has 0 unspecified atom stereocenters. The first kappa shape index (κ1) is 17.2. The van der Waals surface area contributed by atoms with Gasteiger partial charge in [-0.25, -0.2) is 4.98 Å². The zero-order chi connectivity index (χ0) is 17.5. The molecule has 0 aliphatic heterocycles. The normalized spacial score (nSPS) is 10.3. The fourth-order valence-electron chi connectivity index (χ4n) is 2.45. The van der Waals surface area contributed by atoms with Crippen LogP contribution in [0, 0.1) is 0 Å². The molecule has 2 aromatic carbocycles. The third kappa shape index (κ3) is 4.67. The number of rotatable bonds is 6. The Hall–Kier alpha value is -2.66. The number of carbonyl (C=O) groups is 1. The Kier molecular flexibility index (Phi) is 5.80. The zero-order valence-electron chi connectivity index (χ0n) is 13.6.